The number of anilines is 2. The number of aryl methyl sites for hydroxylation is 4. The fourth-order valence-electron chi connectivity index (χ4n) is 5.56. The Balaban J connectivity index is 1.62. The molecular weight excluding hydrogens is 506 g/mol. The fourth-order valence-corrected chi connectivity index (χ4v) is 5.56. The molecule has 2 aliphatic heterocycles. The van der Waals surface area contributed by atoms with Crippen molar-refractivity contribution in [3.05, 3.63) is 98.6 Å². The summed E-state index contributed by atoms with van der Waals surface area (Å²) in [6.45, 7) is 11.4. The average molecular weight is 538 g/mol. The van der Waals surface area contributed by atoms with E-state index in [9.17, 15) is 19.7 Å². The van der Waals surface area contributed by atoms with Crippen molar-refractivity contribution in [1.82, 2.24) is 0 Å². The third-order valence-corrected chi connectivity index (χ3v) is 8.05. The molecule has 0 spiro atoms. The minimum Gasteiger partial charge on any atom is -0.272 e. The minimum atomic E-state index is -0.901. The molecule has 0 radical (unpaired) electrons. The van der Waals surface area contributed by atoms with Crippen LogP contribution >= 0.6 is 0 Å². The van der Waals surface area contributed by atoms with Crippen LogP contribution in [0, 0.1) is 49.6 Å². The van der Waals surface area contributed by atoms with E-state index in [-0.39, 0.29) is 17.5 Å². The number of carbonyl (C=O) groups excluding carboxylic acids is 2. The number of amides is 2. The van der Waals surface area contributed by atoms with E-state index in [4.69, 9.17) is 0 Å². The highest BCUT2D eigenvalue weighted by atomic mass is 16.6. The fraction of sp³-hybridized carbons (Fsp3) is 0.290. The molecule has 0 saturated heterocycles. The number of para-hydroxylation sites is 1. The van der Waals surface area contributed by atoms with Gasteiger partial charge in [0.1, 0.15) is 0 Å². The third-order valence-electron chi connectivity index (χ3n) is 8.05. The molecule has 204 valence electrons. The lowest BCUT2D eigenvalue weighted by atomic mass is 9.72. The van der Waals surface area contributed by atoms with Crippen LogP contribution in [0.5, 0.6) is 0 Å². The molecule has 9 nitrogen and oxygen atoms in total. The van der Waals surface area contributed by atoms with Gasteiger partial charge in [-0.15, -0.1) is 0 Å². The number of benzene rings is 3. The van der Waals surface area contributed by atoms with Crippen LogP contribution < -0.4 is 10.0 Å². The molecule has 2 heterocycles. The zero-order valence-electron chi connectivity index (χ0n) is 23.4. The number of nitrogens with zero attached hydrogens (tertiary/aromatic N) is 5. The van der Waals surface area contributed by atoms with Crippen LogP contribution in [0.1, 0.15) is 47.6 Å². The maximum absolute atomic E-state index is 14.1. The van der Waals surface area contributed by atoms with Gasteiger partial charge in [0.05, 0.1) is 28.1 Å². The topological polar surface area (TPSA) is 108 Å². The summed E-state index contributed by atoms with van der Waals surface area (Å²) in [5.41, 5.74) is 6.52. The predicted molar refractivity (Wildman–Crippen MR) is 156 cm³/mol. The lowest BCUT2D eigenvalue weighted by molar-refractivity contribution is -0.385. The van der Waals surface area contributed by atoms with E-state index in [0.29, 0.717) is 28.4 Å². The molecule has 5 rings (SSSR count). The molecular formula is C31H31N5O4. The number of hydrogen-bond donors (Lipinski definition) is 0. The molecule has 9 heteroatoms. The van der Waals surface area contributed by atoms with Gasteiger partial charge in [0, 0.05) is 29.0 Å². The molecule has 0 bridgehead atoms. The van der Waals surface area contributed by atoms with Crippen LogP contribution in [-0.4, -0.2) is 28.2 Å². The summed E-state index contributed by atoms with van der Waals surface area (Å²) < 4.78 is 0. The van der Waals surface area contributed by atoms with Crippen LogP contribution in [0.15, 0.2) is 70.9 Å². The molecule has 3 aromatic carbocycles. The van der Waals surface area contributed by atoms with Gasteiger partial charge in [-0.05, 0) is 88.1 Å². The van der Waals surface area contributed by atoms with Crippen molar-refractivity contribution in [2.45, 2.75) is 47.5 Å². The molecule has 0 N–H and O–H groups in total. The summed E-state index contributed by atoms with van der Waals surface area (Å²) in [5.74, 6) is -3.37. The van der Waals surface area contributed by atoms with E-state index in [1.54, 1.807) is 32.0 Å². The van der Waals surface area contributed by atoms with Gasteiger partial charge in [0.2, 0.25) is 0 Å². The molecule has 3 aromatic rings. The van der Waals surface area contributed by atoms with Crippen molar-refractivity contribution in [1.29, 1.82) is 0 Å². The first kappa shape index (κ1) is 26.9. The van der Waals surface area contributed by atoms with Crippen LogP contribution in [0.4, 0.5) is 17.1 Å². The largest absolute Gasteiger partial charge is 0.272 e. The molecule has 0 aliphatic carbocycles. The second-order valence-corrected chi connectivity index (χ2v) is 10.6. The number of nitro groups is 1. The van der Waals surface area contributed by atoms with Gasteiger partial charge in [-0.3, -0.25) is 19.7 Å². The monoisotopic (exact) mass is 537 g/mol. The minimum absolute atomic E-state index is 0.150. The van der Waals surface area contributed by atoms with Gasteiger partial charge in [-0.1, -0.05) is 30.3 Å². The molecule has 2 unspecified atom stereocenters. The van der Waals surface area contributed by atoms with Gasteiger partial charge in [0.15, 0.2) is 0 Å². The Bertz CT molecular complexity index is 1530. The highest BCUT2D eigenvalue weighted by Crippen LogP contribution is 2.45. The van der Waals surface area contributed by atoms with Gasteiger partial charge in [-0.25, -0.2) is 10.0 Å². The van der Waals surface area contributed by atoms with Crippen molar-refractivity contribution in [2.75, 3.05) is 10.0 Å². The number of nitro benzene ring substituents is 1. The Morgan fingerprint density at radius 1 is 0.700 bits per heavy atom. The van der Waals surface area contributed by atoms with E-state index in [0.717, 1.165) is 22.3 Å². The first-order valence-corrected chi connectivity index (χ1v) is 13.2. The van der Waals surface area contributed by atoms with Crippen molar-refractivity contribution >= 4 is 40.3 Å². The van der Waals surface area contributed by atoms with Crippen LogP contribution in [0.3, 0.4) is 0 Å². The highest BCUT2D eigenvalue weighted by molar-refractivity contribution is 6.20. The SMILES string of the molecule is CC1=NN(c2ccc(C)c(C)c2)C(=O)C1C(c1ccccc1[N+](=O)[O-])C1C(=O)N(c2ccc(C)c(C)c2)N=C1C. The lowest BCUT2D eigenvalue weighted by Crippen LogP contribution is -2.40. The van der Waals surface area contributed by atoms with Crippen LogP contribution in [0.2, 0.25) is 0 Å². The molecule has 2 amide bonds. The summed E-state index contributed by atoms with van der Waals surface area (Å²) in [4.78, 5) is 39.9. The predicted octanol–water partition coefficient (Wildman–Crippen LogP) is 5.99. The van der Waals surface area contributed by atoms with Crippen molar-refractivity contribution in [3.63, 3.8) is 0 Å². The van der Waals surface area contributed by atoms with Crippen molar-refractivity contribution in [3.8, 4) is 0 Å². The molecule has 40 heavy (non-hydrogen) atoms. The first-order chi connectivity index (χ1) is 19.0. The quantitative estimate of drug-likeness (QED) is 0.284. The van der Waals surface area contributed by atoms with Gasteiger partial charge in [0.25, 0.3) is 17.5 Å². The second-order valence-electron chi connectivity index (χ2n) is 10.6. The summed E-state index contributed by atoms with van der Waals surface area (Å²) in [5, 5.41) is 24.0. The summed E-state index contributed by atoms with van der Waals surface area (Å²) in [6.07, 6.45) is 0. The van der Waals surface area contributed by atoms with Crippen LogP contribution in [0.25, 0.3) is 0 Å². The average Bonchev–Trinajstić information content (AvgIpc) is 3.38. The Morgan fingerprint density at radius 3 is 1.57 bits per heavy atom. The van der Waals surface area contributed by atoms with Gasteiger partial charge < -0.3 is 0 Å². The third kappa shape index (κ3) is 4.47. The first-order valence-electron chi connectivity index (χ1n) is 13.2. The Labute approximate surface area is 233 Å². The van der Waals surface area contributed by atoms with E-state index in [2.05, 4.69) is 10.2 Å². The summed E-state index contributed by atoms with van der Waals surface area (Å²) in [7, 11) is 0. The molecule has 0 saturated carbocycles. The van der Waals surface area contributed by atoms with Gasteiger partial charge >= 0.3 is 0 Å². The summed E-state index contributed by atoms with van der Waals surface area (Å²) in [6, 6.07) is 17.6. The number of hydrazone groups is 2. The van der Waals surface area contributed by atoms with Gasteiger partial charge in [-0.2, -0.15) is 10.2 Å². The Morgan fingerprint density at radius 2 is 1.15 bits per heavy atom. The molecule has 2 atom stereocenters. The Kier molecular flexibility index (Phi) is 6.83. The van der Waals surface area contributed by atoms with Crippen LogP contribution in [-0.2, 0) is 9.59 Å². The highest BCUT2D eigenvalue weighted by Gasteiger charge is 2.51. The zero-order valence-corrected chi connectivity index (χ0v) is 23.4. The molecule has 2 aliphatic rings. The molecule has 0 fully saturated rings. The Hall–Kier alpha value is -4.66. The normalized spacial score (nSPS) is 19.6. The lowest BCUT2D eigenvalue weighted by Gasteiger charge is -2.28. The zero-order chi connectivity index (χ0) is 28.9. The number of rotatable bonds is 6. The maximum atomic E-state index is 14.1. The molecule has 0 aromatic heterocycles. The van der Waals surface area contributed by atoms with Crippen molar-refractivity contribution in [2.24, 2.45) is 22.0 Å². The van der Waals surface area contributed by atoms with E-state index < -0.39 is 22.7 Å². The standard InChI is InChI=1S/C31H31N5O4/c1-17-11-13-23(15-19(17)3)34-30(37)27(21(5)32-34)29(25-9-7-8-10-26(25)36(39)40)28-22(6)33-35(31(28)38)24-14-12-18(2)20(4)16-24/h7-16,27-29H,1-6H3. The maximum Gasteiger partial charge on any atom is 0.272 e. The van der Waals surface area contributed by atoms with E-state index in [1.807, 2.05) is 64.1 Å². The number of carbonyl (C=O) groups is 2. The summed E-state index contributed by atoms with van der Waals surface area (Å²) >= 11 is 0. The smallest absolute Gasteiger partial charge is 0.272 e. The van der Waals surface area contributed by atoms with E-state index >= 15 is 0 Å². The number of hydrogen-bond acceptors (Lipinski definition) is 6. The van der Waals surface area contributed by atoms with E-state index in [1.165, 1.54) is 16.1 Å². The van der Waals surface area contributed by atoms with Crippen molar-refractivity contribution < 1.29 is 14.5 Å². The second kappa shape index (κ2) is 10.1.